The monoisotopic (exact) mass is 296 g/mol. The molecule has 1 aliphatic rings. The minimum atomic E-state index is 0.360. The van der Waals surface area contributed by atoms with Crippen molar-refractivity contribution in [3.63, 3.8) is 0 Å². The fourth-order valence-corrected chi connectivity index (χ4v) is 2.19. The molecule has 0 bridgehead atoms. The predicted octanol–water partition coefficient (Wildman–Crippen LogP) is 4.53. The van der Waals surface area contributed by atoms with Gasteiger partial charge in [-0.25, -0.2) is 0 Å². The Bertz CT molecular complexity index is 592. The molecule has 3 heteroatoms. The number of nitrogens with zero attached hydrogens (tertiary/aromatic N) is 2. The quantitative estimate of drug-likeness (QED) is 0.661. The van der Waals surface area contributed by atoms with Gasteiger partial charge in [0, 0.05) is 42.2 Å². The lowest BCUT2D eigenvalue weighted by molar-refractivity contribution is -0.119. The van der Waals surface area contributed by atoms with E-state index in [4.69, 9.17) is 0 Å². The minimum Gasteiger partial charge on any atom is -0.300 e. The van der Waals surface area contributed by atoms with Crippen molar-refractivity contribution in [2.75, 3.05) is 0 Å². The van der Waals surface area contributed by atoms with Gasteiger partial charge in [-0.1, -0.05) is 18.7 Å². The molecule has 1 aliphatic carbocycles. The van der Waals surface area contributed by atoms with Crippen LogP contribution in [0.15, 0.2) is 41.7 Å². The molecule has 1 heterocycles. The lowest BCUT2D eigenvalue weighted by Gasteiger charge is -2.03. The van der Waals surface area contributed by atoms with Crippen molar-refractivity contribution in [2.45, 2.75) is 46.0 Å². The summed E-state index contributed by atoms with van der Waals surface area (Å²) in [6.45, 7) is 7.93. The molecule has 0 unspecified atom stereocenters. The molecule has 2 rings (SSSR count). The van der Waals surface area contributed by atoms with Gasteiger partial charge in [-0.05, 0) is 50.7 Å². The first-order valence-electron chi connectivity index (χ1n) is 7.91. The Morgan fingerprint density at radius 2 is 2.18 bits per heavy atom. The highest BCUT2D eigenvalue weighted by molar-refractivity contribution is 6.08. The van der Waals surface area contributed by atoms with Crippen molar-refractivity contribution in [1.29, 1.82) is 0 Å². The molecule has 3 nitrogen and oxygen atoms in total. The Balaban J connectivity index is 1.84. The number of ketones is 1. The van der Waals surface area contributed by atoms with E-state index >= 15 is 0 Å². The standard InChI is InChI=1S/C19H24N2O/c1-4-18(9-10-19(22)11-16-6-7-16)21-12-14(2)17-8-5-15(3)20-13-17/h4-5,8,12-13,16H,2,6-7,9-11H2,1,3H3/b18-4-,21-12?. The van der Waals surface area contributed by atoms with Gasteiger partial charge in [0.2, 0.25) is 0 Å². The summed E-state index contributed by atoms with van der Waals surface area (Å²) in [4.78, 5) is 20.5. The second-order valence-corrected chi connectivity index (χ2v) is 5.94. The second-order valence-electron chi connectivity index (χ2n) is 5.94. The normalized spacial score (nSPS) is 15.3. The first kappa shape index (κ1) is 16.3. The zero-order valence-corrected chi connectivity index (χ0v) is 13.5. The van der Waals surface area contributed by atoms with Gasteiger partial charge in [-0.2, -0.15) is 0 Å². The third kappa shape index (κ3) is 5.40. The van der Waals surface area contributed by atoms with Gasteiger partial charge in [0.05, 0.1) is 0 Å². The summed E-state index contributed by atoms with van der Waals surface area (Å²) in [5.74, 6) is 1.03. The van der Waals surface area contributed by atoms with E-state index in [1.54, 1.807) is 12.4 Å². The predicted molar refractivity (Wildman–Crippen MR) is 91.8 cm³/mol. The fraction of sp³-hybridized carbons (Fsp3) is 0.421. The van der Waals surface area contributed by atoms with Gasteiger partial charge in [0.1, 0.15) is 5.78 Å². The number of carbonyl (C=O) groups excluding carboxylic acids is 1. The third-order valence-corrected chi connectivity index (χ3v) is 3.87. The number of aromatic nitrogens is 1. The highest BCUT2D eigenvalue weighted by Crippen LogP contribution is 2.33. The van der Waals surface area contributed by atoms with Crippen LogP contribution >= 0.6 is 0 Å². The van der Waals surface area contributed by atoms with Crippen molar-refractivity contribution in [1.82, 2.24) is 4.98 Å². The maximum Gasteiger partial charge on any atom is 0.133 e. The summed E-state index contributed by atoms with van der Waals surface area (Å²) in [6.07, 6.45) is 10.0. The largest absolute Gasteiger partial charge is 0.300 e. The van der Waals surface area contributed by atoms with E-state index in [0.29, 0.717) is 24.5 Å². The van der Waals surface area contributed by atoms with Crippen molar-refractivity contribution in [2.24, 2.45) is 10.9 Å². The van der Waals surface area contributed by atoms with Crippen LogP contribution in [0.2, 0.25) is 0 Å². The molecule has 1 aromatic rings. The highest BCUT2D eigenvalue weighted by Gasteiger charge is 2.23. The molecule has 0 aromatic carbocycles. The summed E-state index contributed by atoms with van der Waals surface area (Å²) < 4.78 is 0. The zero-order chi connectivity index (χ0) is 15.9. The molecule has 1 saturated carbocycles. The SMILES string of the molecule is C=C(C=N/C(=C\C)CCC(=O)CC1CC1)c1ccc(C)nc1. The van der Waals surface area contributed by atoms with Crippen LogP contribution in [0, 0.1) is 12.8 Å². The van der Waals surface area contributed by atoms with Crippen LogP contribution in [0.3, 0.4) is 0 Å². The molecule has 0 amide bonds. The minimum absolute atomic E-state index is 0.360. The first-order valence-corrected chi connectivity index (χ1v) is 7.91. The van der Waals surface area contributed by atoms with Gasteiger partial charge in [-0.3, -0.25) is 14.8 Å². The van der Waals surface area contributed by atoms with E-state index in [2.05, 4.69) is 16.6 Å². The molecule has 0 spiro atoms. The van der Waals surface area contributed by atoms with Gasteiger partial charge in [-0.15, -0.1) is 0 Å². The number of aryl methyl sites for hydroxylation is 1. The van der Waals surface area contributed by atoms with E-state index in [9.17, 15) is 4.79 Å². The van der Waals surface area contributed by atoms with Gasteiger partial charge < -0.3 is 0 Å². The number of aliphatic imine (C=N–C) groups is 1. The average molecular weight is 296 g/mol. The van der Waals surface area contributed by atoms with Crippen LogP contribution in [0.5, 0.6) is 0 Å². The summed E-state index contributed by atoms with van der Waals surface area (Å²) in [6, 6.07) is 3.95. The number of Topliss-reactive ketones (excluding diaryl/α,β-unsaturated/α-hetero) is 1. The van der Waals surface area contributed by atoms with E-state index in [1.807, 2.05) is 32.1 Å². The lowest BCUT2D eigenvalue weighted by atomic mass is 10.1. The van der Waals surface area contributed by atoms with Crippen LogP contribution in [0.25, 0.3) is 5.57 Å². The second kappa shape index (κ2) is 7.83. The van der Waals surface area contributed by atoms with Crippen molar-refractivity contribution in [3.05, 3.63) is 47.9 Å². The molecule has 0 N–H and O–H groups in total. The van der Waals surface area contributed by atoms with E-state index in [-0.39, 0.29) is 0 Å². The Morgan fingerprint density at radius 3 is 2.77 bits per heavy atom. The fourth-order valence-electron chi connectivity index (χ4n) is 2.19. The lowest BCUT2D eigenvalue weighted by Crippen LogP contribution is -1.99. The maximum atomic E-state index is 11.8. The molecule has 0 atom stereocenters. The van der Waals surface area contributed by atoms with Crippen molar-refractivity contribution in [3.8, 4) is 0 Å². The first-order chi connectivity index (χ1) is 10.6. The third-order valence-electron chi connectivity index (χ3n) is 3.87. The zero-order valence-electron chi connectivity index (χ0n) is 13.5. The number of hydrogen-bond donors (Lipinski definition) is 0. The average Bonchev–Trinajstić information content (AvgIpc) is 3.31. The molecule has 0 radical (unpaired) electrons. The number of allylic oxidation sites excluding steroid dienone is 3. The van der Waals surface area contributed by atoms with E-state index < -0.39 is 0 Å². The molecular formula is C19H24N2O. The van der Waals surface area contributed by atoms with Gasteiger partial charge >= 0.3 is 0 Å². The molecule has 22 heavy (non-hydrogen) atoms. The highest BCUT2D eigenvalue weighted by atomic mass is 16.1. The number of pyridine rings is 1. The Labute approximate surface area is 132 Å². The molecular weight excluding hydrogens is 272 g/mol. The van der Waals surface area contributed by atoms with Crippen molar-refractivity contribution < 1.29 is 4.79 Å². The van der Waals surface area contributed by atoms with Crippen LogP contribution in [0.1, 0.15) is 50.3 Å². The molecule has 0 saturated heterocycles. The van der Waals surface area contributed by atoms with Gasteiger partial charge in [0.25, 0.3) is 0 Å². The number of hydrogen-bond acceptors (Lipinski definition) is 3. The van der Waals surface area contributed by atoms with Crippen LogP contribution in [0.4, 0.5) is 0 Å². The molecule has 116 valence electrons. The van der Waals surface area contributed by atoms with E-state index in [1.165, 1.54) is 12.8 Å². The van der Waals surface area contributed by atoms with E-state index in [0.717, 1.165) is 28.9 Å². The molecule has 1 aromatic heterocycles. The summed E-state index contributed by atoms with van der Waals surface area (Å²) >= 11 is 0. The maximum absolute atomic E-state index is 11.8. The summed E-state index contributed by atoms with van der Waals surface area (Å²) in [5.41, 5.74) is 3.72. The number of carbonyl (C=O) groups is 1. The van der Waals surface area contributed by atoms with Crippen LogP contribution in [-0.2, 0) is 4.79 Å². The molecule has 0 aliphatic heterocycles. The molecule has 1 fully saturated rings. The topological polar surface area (TPSA) is 42.3 Å². The number of rotatable bonds is 8. The summed E-state index contributed by atoms with van der Waals surface area (Å²) in [5, 5.41) is 0. The Hall–Kier alpha value is -2.03. The van der Waals surface area contributed by atoms with Gasteiger partial charge in [0.15, 0.2) is 0 Å². The Morgan fingerprint density at radius 1 is 1.41 bits per heavy atom. The Kier molecular flexibility index (Phi) is 5.82. The summed E-state index contributed by atoms with van der Waals surface area (Å²) in [7, 11) is 0. The van der Waals surface area contributed by atoms with Crippen LogP contribution < -0.4 is 0 Å². The smallest absolute Gasteiger partial charge is 0.133 e. The van der Waals surface area contributed by atoms with Crippen molar-refractivity contribution >= 4 is 17.6 Å². The van der Waals surface area contributed by atoms with Crippen LogP contribution in [-0.4, -0.2) is 17.0 Å².